The molecule has 0 amide bonds. The molecule has 1 heterocycles. The number of nitrogens with one attached hydrogen (secondary N) is 1. The van der Waals surface area contributed by atoms with Crippen LogP contribution in [-0.2, 0) is 6.42 Å². The van der Waals surface area contributed by atoms with Crippen LogP contribution in [0.5, 0.6) is 0 Å². The van der Waals surface area contributed by atoms with E-state index in [0.29, 0.717) is 6.42 Å². The Bertz CT molecular complexity index is 404. The topological polar surface area (TPSA) is 15.8 Å². The van der Waals surface area contributed by atoms with Gasteiger partial charge in [0.25, 0.3) is 0 Å². The normalized spacial score (nSPS) is 12.2. The molecule has 74 valence electrons. The zero-order valence-electron chi connectivity index (χ0n) is 8.47. The number of alkyl halides is 1. The average molecular weight is 191 g/mol. The predicted octanol–water partition coefficient (Wildman–Crippen LogP) is 3.46. The Kier molecular flexibility index (Phi) is 2.06. The summed E-state index contributed by atoms with van der Waals surface area (Å²) in [7, 11) is 0. The summed E-state index contributed by atoms with van der Waals surface area (Å²) in [5.41, 5.74) is 0.881. The molecule has 2 rings (SSSR count). The maximum absolute atomic E-state index is 13.4. The van der Waals surface area contributed by atoms with Gasteiger partial charge < -0.3 is 4.98 Å². The lowest BCUT2D eigenvalue weighted by Crippen LogP contribution is -2.15. The third-order valence-electron chi connectivity index (χ3n) is 2.20. The molecular formula is C12H14FN. The fraction of sp³-hybridized carbons (Fsp3) is 0.333. The molecule has 0 unspecified atom stereocenters. The minimum atomic E-state index is -1.15. The van der Waals surface area contributed by atoms with Crippen LogP contribution < -0.4 is 0 Å². The number of aromatic nitrogens is 1. The number of aromatic amines is 1. The Morgan fingerprint density at radius 3 is 2.64 bits per heavy atom. The van der Waals surface area contributed by atoms with Gasteiger partial charge in [0.15, 0.2) is 0 Å². The van der Waals surface area contributed by atoms with Crippen molar-refractivity contribution >= 4 is 10.9 Å². The van der Waals surface area contributed by atoms with E-state index in [1.165, 1.54) is 0 Å². The maximum Gasteiger partial charge on any atom is 0.111 e. The zero-order chi connectivity index (χ0) is 10.2. The van der Waals surface area contributed by atoms with Crippen molar-refractivity contribution in [3.05, 3.63) is 36.0 Å². The third-order valence-corrected chi connectivity index (χ3v) is 2.20. The van der Waals surface area contributed by atoms with Gasteiger partial charge in [0.2, 0.25) is 0 Å². The lowest BCUT2D eigenvalue weighted by atomic mass is 10.1. The van der Waals surface area contributed by atoms with Crippen molar-refractivity contribution in [2.75, 3.05) is 0 Å². The van der Waals surface area contributed by atoms with Gasteiger partial charge in [-0.15, -0.1) is 0 Å². The molecule has 1 aromatic carbocycles. The average Bonchev–Trinajstić information content (AvgIpc) is 2.42. The first-order valence-electron chi connectivity index (χ1n) is 4.80. The van der Waals surface area contributed by atoms with E-state index < -0.39 is 5.67 Å². The zero-order valence-corrected chi connectivity index (χ0v) is 8.47. The van der Waals surface area contributed by atoms with Crippen LogP contribution in [0.15, 0.2) is 30.3 Å². The Balaban J connectivity index is 2.36. The first kappa shape index (κ1) is 9.25. The quantitative estimate of drug-likeness (QED) is 0.748. The van der Waals surface area contributed by atoms with Gasteiger partial charge in [-0.1, -0.05) is 18.2 Å². The van der Waals surface area contributed by atoms with Crippen LogP contribution in [0.1, 0.15) is 19.5 Å². The number of H-pyrrole nitrogens is 1. The molecule has 1 aromatic heterocycles. The number of rotatable bonds is 2. The van der Waals surface area contributed by atoms with Crippen LogP contribution in [0.2, 0.25) is 0 Å². The van der Waals surface area contributed by atoms with E-state index in [9.17, 15) is 4.39 Å². The number of hydrogen-bond acceptors (Lipinski definition) is 0. The Labute approximate surface area is 82.9 Å². The lowest BCUT2D eigenvalue weighted by Gasteiger charge is -2.11. The molecule has 0 bridgehead atoms. The van der Waals surface area contributed by atoms with Gasteiger partial charge in [-0.25, -0.2) is 4.39 Å². The van der Waals surface area contributed by atoms with Gasteiger partial charge >= 0.3 is 0 Å². The highest BCUT2D eigenvalue weighted by atomic mass is 19.1. The number of hydrogen-bond donors (Lipinski definition) is 1. The number of benzene rings is 1. The first-order chi connectivity index (χ1) is 6.54. The molecule has 0 fully saturated rings. The van der Waals surface area contributed by atoms with Crippen LogP contribution in [0, 0.1) is 0 Å². The molecule has 0 aliphatic rings. The Morgan fingerprint density at radius 2 is 2.00 bits per heavy atom. The van der Waals surface area contributed by atoms with E-state index >= 15 is 0 Å². The minimum Gasteiger partial charge on any atom is -0.358 e. The molecule has 2 aromatic rings. The summed E-state index contributed by atoms with van der Waals surface area (Å²) in [5.74, 6) is 0. The van der Waals surface area contributed by atoms with E-state index in [4.69, 9.17) is 0 Å². The molecule has 0 spiro atoms. The Hall–Kier alpha value is -1.31. The highest BCUT2D eigenvalue weighted by molar-refractivity contribution is 5.80. The minimum absolute atomic E-state index is 0.432. The second-order valence-electron chi connectivity index (χ2n) is 4.28. The summed E-state index contributed by atoms with van der Waals surface area (Å²) in [6.45, 7) is 3.19. The van der Waals surface area contributed by atoms with E-state index in [0.717, 1.165) is 16.6 Å². The largest absolute Gasteiger partial charge is 0.358 e. The Morgan fingerprint density at radius 1 is 1.29 bits per heavy atom. The van der Waals surface area contributed by atoms with Crippen molar-refractivity contribution in [3.63, 3.8) is 0 Å². The van der Waals surface area contributed by atoms with Crippen LogP contribution in [0.3, 0.4) is 0 Å². The van der Waals surface area contributed by atoms with Gasteiger partial charge in [-0.05, 0) is 31.4 Å². The highest BCUT2D eigenvalue weighted by Crippen LogP contribution is 2.20. The smallest absolute Gasteiger partial charge is 0.111 e. The van der Waals surface area contributed by atoms with Crippen molar-refractivity contribution in [2.24, 2.45) is 0 Å². The van der Waals surface area contributed by atoms with Crippen molar-refractivity contribution in [1.29, 1.82) is 0 Å². The van der Waals surface area contributed by atoms with Gasteiger partial charge in [0.1, 0.15) is 5.67 Å². The number of halogens is 1. The predicted molar refractivity (Wildman–Crippen MR) is 57.2 cm³/mol. The third kappa shape index (κ3) is 1.95. The fourth-order valence-corrected chi connectivity index (χ4v) is 1.68. The first-order valence-corrected chi connectivity index (χ1v) is 4.80. The van der Waals surface area contributed by atoms with Gasteiger partial charge in [0.05, 0.1) is 0 Å². The summed E-state index contributed by atoms with van der Waals surface area (Å²) < 4.78 is 13.4. The standard InChI is InChI=1S/C12H14FN/c1-12(2,13)8-10-7-9-5-3-4-6-11(9)14-10/h3-7,14H,8H2,1-2H3. The summed E-state index contributed by atoms with van der Waals surface area (Å²) in [5, 5.41) is 1.15. The van der Waals surface area contributed by atoms with Crippen LogP contribution in [-0.4, -0.2) is 10.7 Å². The molecule has 2 heteroatoms. The van der Waals surface area contributed by atoms with Gasteiger partial charge in [-0.3, -0.25) is 0 Å². The molecule has 0 saturated carbocycles. The molecule has 0 radical (unpaired) electrons. The highest BCUT2D eigenvalue weighted by Gasteiger charge is 2.17. The second-order valence-corrected chi connectivity index (χ2v) is 4.28. The molecule has 1 N–H and O–H groups in total. The van der Waals surface area contributed by atoms with E-state index in [-0.39, 0.29) is 0 Å². The molecule has 0 atom stereocenters. The molecular weight excluding hydrogens is 177 g/mol. The van der Waals surface area contributed by atoms with E-state index in [2.05, 4.69) is 4.98 Å². The van der Waals surface area contributed by atoms with Crippen molar-refractivity contribution in [3.8, 4) is 0 Å². The molecule has 0 aliphatic carbocycles. The number of fused-ring (bicyclic) bond motifs is 1. The second kappa shape index (κ2) is 3.12. The maximum atomic E-state index is 13.4. The van der Waals surface area contributed by atoms with Crippen LogP contribution in [0.4, 0.5) is 4.39 Å². The van der Waals surface area contributed by atoms with Crippen molar-refractivity contribution in [2.45, 2.75) is 25.9 Å². The summed E-state index contributed by atoms with van der Waals surface area (Å²) in [6.07, 6.45) is 0.432. The van der Waals surface area contributed by atoms with E-state index in [1.54, 1.807) is 13.8 Å². The van der Waals surface area contributed by atoms with Gasteiger partial charge in [0, 0.05) is 17.6 Å². The molecule has 1 nitrogen and oxygen atoms in total. The van der Waals surface area contributed by atoms with Crippen LogP contribution in [0.25, 0.3) is 10.9 Å². The fourth-order valence-electron chi connectivity index (χ4n) is 1.68. The SMILES string of the molecule is CC(C)(F)Cc1cc2ccccc2[nH]1. The molecule has 14 heavy (non-hydrogen) atoms. The summed E-state index contributed by atoms with van der Waals surface area (Å²) >= 11 is 0. The number of para-hydroxylation sites is 1. The summed E-state index contributed by atoms with van der Waals surface area (Å²) in [4.78, 5) is 3.21. The molecule has 0 saturated heterocycles. The van der Waals surface area contributed by atoms with Crippen molar-refractivity contribution < 1.29 is 4.39 Å². The van der Waals surface area contributed by atoms with Crippen molar-refractivity contribution in [1.82, 2.24) is 4.98 Å². The van der Waals surface area contributed by atoms with Gasteiger partial charge in [-0.2, -0.15) is 0 Å². The van der Waals surface area contributed by atoms with E-state index in [1.807, 2.05) is 30.3 Å². The van der Waals surface area contributed by atoms with Crippen LogP contribution >= 0.6 is 0 Å². The molecule has 0 aliphatic heterocycles. The lowest BCUT2D eigenvalue weighted by molar-refractivity contribution is 0.215. The monoisotopic (exact) mass is 191 g/mol. The summed E-state index contributed by atoms with van der Waals surface area (Å²) in [6, 6.07) is 10.0.